The van der Waals surface area contributed by atoms with Crippen LogP contribution >= 0.6 is 11.3 Å². The fourth-order valence-electron chi connectivity index (χ4n) is 2.51. The number of nitrogens with two attached hydrogens (primary N) is 1. The maximum Gasteiger partial charge on any atom is 0.350 e. The van der Waals surface area contributed by atoms with E-state index in [2.05, 4.69) is 20.4 Å². The molecule has 4 heterocycles. The number of aromatic nitrogens is 5. The van der Waals surface area contributed by atoms with Crippen molar-refractivity contribution in [1.82, 2.24) is 24.1 Å². The molecule has 0 spiro atoms. The van der Waals surface area contributed by atoms with Crippen molar-refractivity contribution in [3.05, 3.63) is 58.2 Å². The Kier molecular flexibility index (Phi) is 4.05. The summed E-state index contributed by atoms with van der Waals surface area (Å²) in [6, 6.07) is 6.73. The van der Waals surface area contributed by atoms with Crippen molar-refractivity contribution in [1.29, 1.82) is 0 Å². The number of carbonyl (C=O) groups is 2. The van der Waals surface area contributed by atoms with E-state index >= 15 is 0 Å². The fourth-order valence-corrected chi connectivity index (χ4v) is 3.25. The Bertz CT molecular complexity index is 1220. The van der Waals surface area contributed by atoms with Crippen molar-refractivity contribution in [2.24, 2.45) is 5.73 Å². The molecule has 136 valence electrons. The summed E-state index contributed by atoms with van der Waals surface area (Å²) >= 11 is 1.22. The molecule has 0 saturated carbocycles. The molecular weight excluding hydrogens is 370 g/mol. The molecule has 0 aliphatic rings. The van der Waals surface area contributed by atoms with E-state index in [0.717, 1.165) is 4.68 Å². The lowest BCUT2D eigenvalue weighted by molar-refractivity contribution is -0.117. The van der Waals surface area contributed by atoms with Gasteiger partial charge in [0.05, 0.1) is 5.69 Å². The molecular formula is C16H13N7O3S. The Labute approximate surface area is 155 Å². The number of nitrogens with zero attached hydrogens (tertiary/aromatic N) is 4. The van der Waals surface area contributed by atoms with Crippen LogP contribution in [0.3, 0.4) is 0 Å². The normalized spacial score (nSPS) is 11.0. The summed E-state index contributed by atoms with van der Waals surface area (Å²) in [6.07, 6.45) is 3.19. The van der Waals surface area contributed by atoms with Gasteiger partial charge in [0.25, 0.3) is 5.91 Å². The minimum absolute atomic E-state index is 0.231. The van der Waals surface area contributed by atoms with Crippen LogP contribution in [0.2, 0.25) is 0 Å². The lowest BCUT2D eigenvalue weighted by Crippen LogP contribution is -2.28. The maximum atomic E-state index is 12.2. The topological polar surface area (TPSA) is 140 Å². The number of hydrogen-bond acceptors (Lipinski definition) is 6. The summed E-state index contributed by atoms with van der Waals surface area (Å²) in [5, 5.41) is 8.85. The van der Waals surface area contributed by atoms with Crippen LogP contribution in [0.25, 0.3) is 16.9 Å². The Balaban J connectivity index is 1.48. The van der Waals surface area contributed by atoms with Crippen LogP contribution in [0.1, 0.15) is 10.5 Å². The number of anilines is 1. The molecule has 4 aromatic heterocycles. The van der Waals surface area contributed by atoms with Crippen LogP contribution in [-0.2, 0) is 11.3 Å². The third kappa shape index (κ3) is 3.22. The highest BCUT2D eigenvalue weighted by Crippen LogP contribution is 2.25. The number of primary amides is 1. The maximum absolute atomic E-state index is 12.2. The van der Waals surface area contributed by atoms with Crippen molar-refractivity contribution in [2.45, 2.75) is 6.54 Å². The third-order valence-electron chi connectivity index (χ3n) is 3.78. The van der Waals surface area contributed by atoms with Gasteiger partial charge >= 0.3 is 5.69 Å². The Morgan fingerprint density at radius 3 is 2.93 bits per heavy atom. The van der Waals surface area contributed by atoms with Gasteiger partial charge in [-0.1, -0.05) is 6.07 Å². The Morgan fingerprint density at radius 2 is 2.19 bits per heavy atom. The van der Waals surface area contributed by atoms with E-state index in [1.807, 2.05) is 0 Å². The summed E-state index contributed by atoms with van der Waals surface area (Å²) in [5.41, 5.74) is 6.81. The molecule has 0 aliphatic carbocycles. The van der Waals surface area contributed by atoms with Crippen LogP contribution in [0.4, 0.5) is 5.13 Å². The molecule has 0 bridgehead atoms. The number of pyridine rings is 1. The van der Waals surface area contributed by atoms with Crippen molar-refractivity contribution >= 4 is 33.9 Å². The van der Waals surface area contributed by atoms with Gasteiger partial charge in [-0.3, -0.25) is 14.0 Å². The molecule has 0 radical (unpaired) electrons. The van der Waals surface area contributed by atoms with E-state index in [4.69, 9.17) is 5.73 Å². The molecule has 4 rings (SSSR count). The lowest BCUT2D eigenvalue weighted by atomic mass is 10.2. The number of thiazole rings is 1. The number of rotatable bonds is 5. The summed E-state index contributed by atoms with van der Waals surface area (Å²) in [5.74, 6) is -0.990. The first-order valence-electron chi connectivity index (χ1n) is 7.79. The monoisotopic (exact) mass is 383 g/mol. The van der Waals surface area contributed by atoms with Crippen LogP contribution in [-0.4, -0.2) is 36.0 Å². The number of carbonyl (C=O) groups excluding carboxylic acids is 2. The van der Waals surface area contributed by atoms with Crippen LogP contribution in [0.5, 0.6) is 0 Å². The van der Waals surface area contributed by atoms with Crippen LogP contribution in [0.15, 0.2) is 46.8 Å². The predicted octanol–water partition coefficient (Wildman–Crippen LogP) is 0.685. The second-order valence-corrected chi connectivity index (χ2v) is 6.48. The van der Waals surface area contributed by atoms with Gasteiger partial charge in [-0.25, -0.2) is 14.5 Å². The van der Waals surface area contributed by atoms with E-state index in [1.54, 1.807) is 42.0 Å². The van der Waals surface area contributed by atoms with Gasteiger partial charge in [0, 0.05) is 23.3 Å². The van der Waals surface area contributed by atoms with Crippen molar-refractivity contribution in [2.75, 3.05) is 5.32 Å². The van der Waals surface area contributed by atoms with Crippen LogP contribution in [0, 0.1) is 0 Å². The van der Waals surface area contributed by atoms with E-state index in [0.29, 0.717) is 22.0 Å². The lowest BCUT2D eigenvalue weighted by Gasteiger charge is -2.00. The standard InChI is InChI=1S/C16H13N7O3S/c17-14(25)10-5-9(6-18-10)11-8-27-15(19-11)20-13(24)7-23-16(26)22-4-2-1-3-12(22)21-23/h1-6,8,18H,7H2,(H2,17,25)(H,19,20,24). The number of hydrogen-bond donors (Lipinski definition) is 3. The molecule has 0 saturated heterocycles. The van der Waals surface area contributed by atoms with Crippen molar-refractivity contribution in [3.63, 3.8) is 0 Å². The van der Waals surface area contributed by atoms with E-state index in [1.165, 1.54) is 15.7 Å². The van der Waals surface area contributed by atoms with Gasteiger partial charge < -0.3 is 16.0 Å². The highest BCUT2D eigenvalue weighted by molar-refractivity contribution is 7.14. The van der Waals surface area contributed by atoms with Crippen molar-refractivity contribution < 1.29 is 9.59 Å². The molecule has 11 heteroatoms. The van der Waals surface area contributed by atoms with Gasteiger partial charge in [0.15, 0.2) is 10.8 Å². The minimum Gasteiger partial charge on any atom is -0.364 e. The Morgan fingerprint density at radius 1 is 1.33 bits per heavy atom. The molecule has 0 aliphatic heterocycles. The number of nitrogens with one attached hydrogen (secondary N) is 2. The number of fused-ring (bicyclic) bond motifs is 1. The molecule has 0 fully saturated rings. The first-order chi connectivity index (χ1) is 13.0. The van der Waals surface area contributed by atoms with Gasteiger partial charge in [-0.05, 0) is 18.2 Å². The largest absolute Gasteiger partial charge is 0.364 e. The molecule has 0 aromatic carbocycles. The highest BCUT2D eigenvalue weighted by Gasteiger charge is 2.13. The minimum atomic E-state index is -0.567. The number of H-pyrrole nitrogens is 1. The molecule has 0 unspecified atom stereocenters. The van der Waals surface area contributed by atoms with Gasteiger partial charge in [-0.2, -0.15) is 0 Å². The average Bonchev–Trinajstić information content (AvgIpc) is 3.35. The van der Waals surface area contributed by atoms with E-state index in [9.17, 15) is 14.4 Å². The zero-order valence-corrected chi connectivity index (χ0v) is 14.6. The second-order valence-electron chi connectivity index (χ2n) is 5.62. The van der Waals surface area contributed by atoms with Gasteiger partial charge in [0.1, 0.15) is 12.2 Å². The molecule has 4 N–H and O–H groups in total. The molecule has 0 atom stereocenters. The molecule has 4 aromatic rings. The van der Waals surface area contributed by atoms with Crippen LogP contribution < -0.4 is 16.7 Å². The zero-order chi connectivity index (χ0) is 19.0. The third-order valence-corrected chi connectivity index (χ3v) is 4.53. The molecule has 2 amide bonds. The number of aromatic amines is 1. The predicted molar refractivity (Wildman–Crippen MR) is 98.5 cm³/mol. The quantitative estimate of drug-likeness (QED) is 0.465. The fraction of sp³-hybridized carbons (Fsp3) is 0.0625. The Hall–Kier alpha value is -3.73. The second kappa shape index (κ2) is 6.53. The highest BCUT2D eigenvalue weighted by atomic mass is 32.1. The average molecular weight is 383 g/mol. The number of amides is 2. The SMILES string of the molecule is NC(=O)c1cc(-c2csc(NC(=O)Cn3nc4ccccn4c3=O)n2)c[nH]1. The summed E-state index contributed by atoms with van der Waals surface area (Å²) in [6.45, 7) is -0.231. The summed E-state index contributed by atoms with van der Waals surface area (Å²) < 4.78 is 2.45. The zero-order valence-electron chi connectivity index (χ0n) is 13.7. The first kappa shape index (κ1) is 16.7. The summed E-state index contributed by atoms with van der Waals surface area (Å²) in [4.78, 5) is 42.6. The first-order valence-corrected chi connectivity index (χ1v) is 8.67. The molecule has 10 nitrogen and oxygen atoms in total. The van der Waals surface area contributed by atoms with Gasteiger partial charge in [0.2, 0.25) is 5.91 Å². The summed E-state index contributed by atoms with van der Waals surface area (Å²) in [7, 11) is 0. The van der Waals surface area contributed by atoms with E-state index in [-0.39, 0.29) is 12.2 Å². The smallest absolute Gasteiger partial charge is 0.350 e. The van der Waals surface area contributed by atoms with Gasteiger partial charge in [-0.15, -0.1) is 16.4 Å². The molecule has 27 heavy (non-hydrogen) atoms. The van der Waals surface area contributed by atoms with Crippen molar-refractivity contribution in [3.8, 4) is 11.3 Å². The van der Waals surface area contributed by atoms with E-state index < -0.39 is 17.5 Å².